The first-order valence-electron chi connectivity index (χ1n) is 11.9. The Morgan fingerprint density at radius 1 is 0.784 bits per heavy atom. The fourth-order valence-electron chi connectivity index (χ4n) is 4.28. The van der Waals surface area contributed by atoms with Crippen LogP contribution in [0, 0.1) is 0 Å². The molecule has 0 saturated heterocycles. The highest BCUT2D eigenvalue weighted by molar-refractivity contribution is 6.17. The van der Waals surface area contributed by atoms with E-state index >= 15 is 0 Å². The molecular weight excluding hydrogens is 466 g/mol. The van der Waals surface area contributed by atoms with Crippen LogP contribution in [-0.2, 0) is 20.7 Å². The van der Waals surface area contributed by atoms with Gasteiger partial charge < -0.3 is 19.1 Å². The maximum absolute atomic E-state index is 13.8. The van der Waals surface area contributed by atoms with Crippen LogP contribution >= 0.6 is 0 Å². The molecule has 1 heterocycles. The van der Waals surface area contributed by atoms with Crippen molar-refractivity contribution in [2.45, 2.75) is 6.42 Å². The van der Waals surface area contributed by atoms with Gasteiger partial charge >= 0.3 is 5.97 Å². The summed E-state index contributed by atoms with van der Waals surface area (Å²) in [6.45, 7) is 0.387. The summed E-state index contributed by atoms with van der Waals surface area (Å²) in [5.41, 5.74) is 3.53. The molecule has 1 aliphatic heterocycles. The van der Waals surface area contributed by atoms with Crippen LogP contribution in [0.3, 0.4) is 0 Å². The van der Waals surface area contributed by atoms with Gasteiger partial charge in [-0.1, -0.05) is 66.7 Å². The summed E-state index contributed by atoms with van der Waals surface area (Å²) in [5.74, 6) is 0.420. The normalized spacial score (nSPS) is 14.5. The molecule has 0 saturated carbocycles. The number of esters is 1. The molecule has 0 unspecified atom stereocenters. The van der Waals surface area contributed by atoms with E-state index in [0.29, 0.717) is 35.7 Å². The van der Waals surface area contributed by atoms with E-state index in [4.69, 9.17) is 14.2 Å². The molecule has 0 aliphatic carbocycles. The molecule has 1 aliphatic rings. The van der Waals surface area contributed by atoms with Crippen LogP contribution in [0.25, 0.3) is 12.2 Å². The lowest BCUT2D eigenvalue weighted by atomic mass is 10.0. The Balaban J connectivity index is 1.84. The van der Waals surface area contributed by atoms with Gasteiger partial charge in [-0.2, -0.15) is 0 Å². The van der Waals surface area contributed by atoms with Crippen molar-refractivity contribution in [3.8, 4) is 11.5 Å². The number of allylic oxidation sites excluding steroid dienone is 1. The molecule has 0 atom stereocenters. The predicted molar refractivity (Wildman–Crippen MR) is 144 cm³/mol. The second-order valence-corrected chi connectivity index (χ2v) is 8.32. The van der Waals surface area contributed by atoms with Gasteiger partial charge in [-0.05, 0) is 42.3 Å². The van der Waals surface area contributed by atoms with Gasteiger partial charge in [0, 0.05) is 17.7 Å². The van der Waals surface area contributed by atoms with Crippen LogP contribution in [0.15, 0.2) is 102 Å². The Morgan fingerprint density at radius 3 is 2.03 bits per heavy atom. The van der Waals surface area contributed by atoms with Crippen molar-refractivity contribution < 1.29 is 23.8 Å². The van der Waals surface area contributed by atoms with Crippen molar-refractivity contribution >= 4 is 24.0 Å². The number of carbonyl (C=O) groups is 2. The minimum Gasteiger partial charge on any atom is -0.496 e. The van der Waals surface area contributed by atoms with Crippen LogP contribution in [0.2, 0.25) is 0 Å². The molecule has 1 amide bonds. The average Bonchev–Trinajstić information content (AvgIpc) is 3.21. The van der Waals surface area contributed by atoms with Crippen LogP contribution in [0.1, 0.15) is 16.7 Å². The van der Waals surface area contributed by atoms with Gasteiger partial charge in [-0.25, -0.2) is 4.79 Å². The third-order valence-corrected chi connectivity index (χ3v) is 6.15. The quantitative estimate of drug-likeness (QED) is 0.297. The summed E-state index contributed by atoms with van der Waals surface area (Å²) in [4.78, 5) is 28.5. The highest BCUT2D eigenvalue weighted by Gasteiger charge is 2.38. The van der Waals surface area contributed by atoms with Crippen molar-refractivity contribution in [1.29, 1.82) is 0 Å². The molecule has 6 heteroatoms. The molecule has 6 nitrogen and oxygen atoms in total. The molecule has 188 valence electrons. The lowest BCUT2D eigenvalue weighted by Crippen LogP contribution is -2.27. The largest absolute Gasteiger partial charge is 0.496 e. The summed E-state index contributed by atoms with van der Waals surface area (Å²) in [6.07, 6.45) is 5.92. The topological polar surface area (TPSA) is 65.1 Å². The first-order chi connectivity index (χ1) is 18.1. The van der Waals surface area contributed by atoms with Crippen molar-refractivity contribution in [2.24, 2.45) is 0 Å². The van der Waals surface area contributed by atoms with Crippen LogP contribution in [0.5, 0.6) is 11.5 Å². The van der Waals surface area contributed by atoms with Gasteiger partial charge in [0.1, 0.15) is 11.5 Å². The Hall–Kier alpha value is -4.58. The summed E-state index contributed by atoms with van der Waals surface area (Å²) in [5, 5.41) is 0. The van der Waals surface area contributed by atoms with Crippen molar-refractivity contribution in [2.75, 3.05) is 27.9 Å². The van der Waals surface area contributed by atoms with Gasteiger partial charge in [0.15, 0.2) is 0 Å². The molecule has 0 radical (unpaired) electrons. The van der Waals surface area contributed by atoms with E-state index in [1.807, 2.05) is 84.9 Å². The number of rotatable bonds is 9. The molecule has 3 aromatic carbocycles. The number of methoxy groups -OCH3 is 3. The summed E-state index contributed by atoms with van der Waals surface area (Å²) in [6, 6.07) is 24.8. The van der Waals surface area contributed by atoms with E-state index < -0.39 is 5.97 Å². The molecule has 0 fully saturated rings. The second-order valence-electron chi connectivity index (χ2n) is 8.32. The minimum absolute atomic E-state index is 0.206. The number of nitrogens with zero attached hydrogens (tertiary/aromatic N) is 1. The number of ether oxygens (including phenoxy) is 3. The van der Waals surface area contributed by atoms with Gasteiger partial charge in [0.25, 0.3) is 5.91 Å². The van der Waals surface area contributed by atoms with Crippen LogP contribution in [-0.4, -0.2) is 44.7 Å². The molecule has 0 aromatic heterocycles. The zero-order chi connectivity index (χ0) is 26.2. The highest BCUT2D eigenvalue weighted by Crippen LogP contribution is 2.35. The third kappa shape index (κ3) is 5.64. The molecule has 37 heavy (non-hydrogen) atoms. The maximum Gasteiger partial charge on any atom is 0.340 e. The first-order valence-corrected chi connectivity index (χ1v) is 11.9. The Bertz CT molecular complexity index is 1370. The van der Waals surface area contributed by atoms with Gasteiger partial charge in [0.05, 0.1) is 38.2 Å². The highest BCUT2D eigenvalue weighted by atomic mass is 16.5. The molecule has 0 N–H and O–H groups in total. The minimum atomic E-state index is -0.587. The number of hydrogen-bond acceptors (Lipinski definition) is 5. The van der Waals surface area contributed by atoms with Gasteiger partial charge in [-0.15, -0.1) is 0 Å². The number of amides is 1. The van der Waals surface area contributed by atoms with Crippen molar-refractivity contribution in [3.05, 3.63) is 118 Å². The Morgan fingerprint density at radius 2 is 1.38 bits per heavy atom. The standard InChI is InChI=1S/C31H29NO5/c1-35-27-15-9-7-13-23(27)17-18-26-29(31(34)37-3)25(21-24-14-8-10-16-28(24)36-2)30(33)32(26)20-19-22-11-5-4-6-12-22/h4-18,21H,19-20H2,1-3H3/b18-17+,25-21+. The fraction of sp³-hybridized carbons (Fsp3) is 0.161. The van der Waals surface area contributed by atoms with E-state index in [2.05, 4.69) is 0 Å². The summed E-state index contributed by atoms with van der Waals surface area (Å²) in [7, 11) is 4.48. The van der Waals surface area contributed by atoms with Crippen molar-refractivity contribution in [1.82, 2.24) is 4.90 Å². The van der Waals surface area contributed by atoms with Crippen LogP contribution < -0.4 is 9.47 Å². The predicted octanol–water partition coefficient (Wildman–Crippen LogP) is 5.31. The van der Waals surface area contributed by atoms with Gasteiger partial charge in [0.2, 0.25) is 0 Å². The smallest absolute Gasteiger partial charge is 0.340 e. The summed E-state index contributed by atoms with van der Waals surface area (Å²) >= 11 is 0. The second kappa shape index (κ2) is 11.9. The molecule has 4 rings (SSSR count). The number of hydrogen-bond donors (Lipinski definition) is 0. The Kier molecular flexibility index (Phi) is 8.21. The lowest BCUT2D eigenvalue weighted by molar-refractivity contribution is -0.136. The SMILES string of the molecule is COC(=O)C1=C(/C=C/c2ccccc2OC)N(CCc2ccccc2)C(=O)/C1=C/c1ccccc1OC. The van der Waals surface area contributed by atoms with Crippen LogP contribution in [0.4, 0.5) is 0 Å². The monoisotopic (exact) mass is 495 g/mol. The van der Waals surface area contributed by atoms with Gasteiger partial charge in [-0.3, -0.25) is 4.79 Å². The first kappa shape index (κ1) is 25.5. The average molecular weight is 496 g/mol. The summed E-state index contributed by atoms with van der Waals surface area (Å²) < 4.78 is 16.1. The lowest BCUT2D eigenvalue weighted by Gasteiger charge is -2.18. The van der Waals surface area contributed by atoms with E-state index in [1.165, 1.54) is 7.11 Å². The zero-order valence-electron chi connectivity index (χ0n) is 21.1. The van der Waals surface area contributed by atoms with E-state index in [-0.39, 0.29) is 17.1 Å². The molecule has 0 spiro atoms. The number of benzene rings is 3. The molecule has 0 bridgehead atoms. The fourth-order valence-corrected chi connectivity index (χ4v) is 4.28. The maximum atomic E-state index is 13.8. The number of para-hydroxylation sites is 2. The third-order valence-electron chi connectivity index (χ3n) is 6.15. The van der Waals surface area contributed by atoms with E-state index in [0.717, 1.165) is 11.1 Å². The zero-order valence-corrected chi connectivity index (χ0v) is 21.1. The van der Waals surface area contributed by atoms with Crippen molar-refractivity contribution in [3.63, 3.8) is 0 Å². The van der Waals surface area contributed by atoms with E-state index in [1.54, 1.807) is 31.3 Å². The molecular formula is C31H29NO5. The molecule has 3 aromatic rings. The number of carbonyl (C=O) groups excluding carboxylic acids is 2. The van der Waals surface area contributed by atoms with E-state index in [9.17, 15) is 9.59 Å². The Labute approximate surface area is 217 Å².